The number of carbonyl (C=O) groups excluding carboxylic acids is 4. The highest BCUT2D eigenvalue weighted by Crippen LogP contribution is 2.61. The van der Waals surface area contributed by atoms with Crippen LogP contribution in [0.15, 0.2) is 103 Å². The van der Waals surface area contributed by atoms with Gasteiger partial charge in [0.1, 0.15) is 17.2 Å². The Morgan fingerprint density at radius 3 is 2.07 bits per heavy atom. The average molecular weight is 574 g/mol. The van der Waals surface area contributed by atoms with Gasteiger partial charge in [-0.1, -0.05) is 78.4 Å². The number of rotatable bonds is 4. The molecule has 1 spiro atoms. The number of hydrogen-bond donors (Lipinski definition) is 0. The summed E-state index contributed by atoms with van der Waals surface area (Å²) in [4.78, 5) is 57.4. The molecule has 0 radical (unpaired) electrons. The van der Waals surface area contributed by atoms with E-state index in [1.54, 1.807) is 72.8 Å². The molecule has 1 fully saturated rings. The summed E-state index contributed by atoms with van der Waals surface area (Å²) in [5.74, 6) is -1.81. The van der Waals surface area contributed by atoms with Crippen LogP contribution in [-0.2, 0) is 4.79 Å². The predicted octanol–water partition coefficient (Wildman–Crippen LogP) is 6.58. The molecule has 6 nitrogen and oxygen atoms in total. The van der Waals surface area contributed by atoms with Crippen molar-refractivity contribution in [2.75, 3.05) is 4.90 Å². The fourth-order valence-corrected chi connectivity index (χ4v) is 7.11. The number of hydrogen-bond acceptors (Lipinski definition) is 6. The first-order valence-corrected chi connectivity index (χ1v) is 14.0. The van der Waals surface area contributed by atoms with Crippen molar-refractivity contribution in [3.05, 3.63) is 136 Å². The van der Waals surface area contributed by atoms with Gasteiger partial charge in [-0.25, -0.2) is 0 Å². The van der Waals surface area contributed by atoms with E-state index in [0.29, 0.717) is 33.0 Å². The molecule has 3 atom stereocenters. The zero-order valence-electron chi connectivity index (χ0n) is 22.5. The summed E-state index contributed by atoms with van der Waals surface area (Å²) < 4.78 is 5.18. The van der Waals surface area contributed by atoms with Crippen molar-refractivity contribution in [1.82, 2.24) is 0 Å². The van der Waals surface area contributed by atoms with Crippen molar-refractivity contribution in [1.29, 1.82) is 0 Å². The highest BCUT2D eigenvalue weighted by Gasteiger charge is 2.71. The Hall–Kier alpha value is -4.81. The molecule has 0 unspecified atom stereocenters. The number of ether oxygens (including phenoxy) is 1. The molecule has 1 aliphatic carbocycles. The lowest BCUT2D eigenvalue weighted by atomic mass is 9.64. The molecule has 2 aliphatic heterocycles. The molecule has 0 N–H and O–H groups in total. The Bertz CT molecular complexity index is 1790. The molecule has 0 bridgehead atoms. The first-order valence-electron chi connectivity index (χ1n) is 13.6. The minimum atomic E-state index is -1.58. The summed E-state index contributed by atoms with van der Waals surface area (Å²) in [7, 11) is 0. The molecule has 206 valence electrons. The zero-order valence-corrected chi connectivity index (χ0v) is 23.2. The van der Waals surface area contributed by atoms with Crippen LogP contribution in [0.4, 0.5) is 5.69 Å². The third-order valence-corrected chi connectivity index (χ3v) is 8.86. The maximum Gasteiger partial charge on any atom is 0.308 e. The van der Waals surface area contributed by atoms with Gasteiger partial charge in [-0.3, -0.25) is 19.2 Å². The molecular weight excluding hydrogens is 550 g/mol. The van der Waals surface area contributed by atoms with Gasteiger partial charge in [0.2, 0.25) is 0 Å². The fourth-order valence-electron chi connectivity index (χ4n) is 6.98. The monoisotopic (exact) mass is 573 g/mol. The summed E-state index contributed by atoms with van der Waals surface area (Å²) in [6, 6.07) is 26.3. The lowest BCUT2D eigenvalue weighted by Crippen LogP contribution is -2.48. The Morgan fingerprint density at radius 1 is 0.810 bits per heavy atom. The largest absolute Gasteiger partial charge is 0.427 e. The second-order valence-electron chi connectivity index (χ2n) is 10.8. The molecule has 4 aromatic carbocycles. The van der Waals surface area contributed by atoms with Crippen LogP contribution in [0.25, 0.3) is 6.08 Å². The number of para-hydroxylation sites is 1. The SMILES string of the molecule is CC(=O)Oc1ccc(C(=O)[C@H]2[C@H](c3ccc(Cl)cc3)C3(C(=O)c4ccccc4C3=O)[C@H]3C=Cc4ccccc4N23)cc1. The normalized spacial score (nSPS) is 21.2. The van der Waals surface area contributed by atoms with Gasteiger partial charge in [-0.2, -0.15) is 0 Å². The number of halogens is 1. The van der Waals surface area contributed by atoms with Gasteiger partial charge in [-0.15, -0.1) is 0 Å². The van der Waals surface area contributed by atoms with E-state index in [-0.39, 0.29) is 17.3 Å². The number of benzene rings is 4. The molecular formula is C35H24ClNO5. The van der Waals surface area contributed by atoms with E-state index < -0.39 is 29.4 Å². The van der Waals surface area contributed by atoms with E-state index in [4.69, 9.17) is 16.3 Å². The lowest BCUT2D eigenvalue weighted by molar-refractivity contribution is -0.131. The number of anilines is 1. The number of fused-ring (bicyclic) bond motifs is 5. The Morgan fingerprint density at radius 2 is 1.43 bits per heavy atom. The third kappa shape index (κ3) is 3.65. The fraction of sp³-hybridized carbons (Fsp3) is 0.143. The van der Waals surface area contributed by atoms with Gasteiger partial charge in [0.25, 0.3) is 0 Å². The maximum absolute atomic E-state index is 14.7. The summed E-state index contributed by atoms with van der Waals surface area (Å²) in [6.07, 6.45) is 3.82. The van der Waals surface area contributed by atoms with Gasteiger partial charge in [0.05, 0.1) is 6.04 Å². The summed E-state index contributed by atoms with van der Waals surface area (Å²) in [6.45, 7) is 1.31. The molecule has 42 heavy (non-hydrogen) atoms. The third-order valence-electron chi connectivity index (χ3n) is 8.61. The molecule has 0 amide bonds. The second kappa shape index (κ2) is 9.64. The Labute approximate surface area is 247 Å². The molecule has 2 heterocycles. The van der Waals surface area contributed by atoms with Crippen LogP contribution in [0.3, 0.4) is 0 Å². The molecule has 7 rings (SSSR count). The van der Waals surface area contributed by atoms with E-state index >= 15 is 0 Å². The van der Waals surface area contributed by atoms with Gasteiger partial charge >= 0.3 is 5.97 Å². The van der Waals surface area contributed by atoms with Crippen LogP contribution in [0.2, 0.25) is 5.02 Å². The maximum atomic E-state index is 14.7. The van der Waals surface area contributed by atoms with Crippen LogP contribution >= 0.6 is 11.6 Å². The minimum absolute atomic E-state index is 0.257. The van der Waals surface area contributed by atoms with Crippen LogP contribution < -0.4 is 9.64 Å². The zero-order chi connectivity index (χ0) is 29.2. The van der Waals surface area contributed by atoms with Crippen LogP contribution in [-0.4, -0.2) is 35.4 Å². The van der Waals surface area contributed by atoms with Gasteiger partial charge in [0, 0.05) is 40.2 Å². The number of nitrogens with zero attached hydrogens (tertiary/aromatic N) is 1. The predicted molar refractivity (Wildman–Crippen MR) is 159 cm³/mol. The Kier molecular flexibility index (Phi) is 5.99. The molecule has 3 aliphatic rings. The summed E-state index contributed by atoms with van der Waals surface area (Å²) in [5, 5.41) is 0.505. The van der Waals surface area contributed by atoms with Crippen molar-refractivity contribution < 1.29 is 23.9 Å². The lowest BCUT2D eigenvalue weighted by Gasteiger charge is -2.37. The first-order chi connectivity index (χ1) is 20.3. The molecule has 4 aromatic rings. The Balaban J connectivity index is 1.48. The molecule has 7 heteroatoms. The molecule has 0 saturated carbocycles. The van der Waals surface area contributed by atoms with Crippen LogP contribution in [0.5, 0.6) is 5.75 Å². The highest BCUT2D eigenvalue weighted by atomic mass is 35.5. The van der Waals surface area contributed by atoms with E-state index in [1.807, 2.05) is 41.3 Å². The van der Waals surface area contributed by atoms with Crippen molar-refractivity contribution in [3.63, 3.8) is 0 Å². The van der Waals surface area contributed by atoms with Gasteiger partial charge in [-0.05, 0) is 53.6 Å². The standard InChI is InChI=1S/C35H24ClNO5/c1-20(38)42-25-17-12-23(13-18-25)32(39)31-30(22-10-15-24(36)16-11-22)35(33(40)26-7-3-4-8-27(26)34(35)41)29-19-14-21-6-2-5-9-28(21)37(29)31/h2-19,29-31H,1H3/t29-,30+,31-/m1/s1. The first kappa shape index (κ1) is 26.1. The van der Waals surface area contributed by atoms with E-state index in [0.717, 1.165) is 11.3 Å². The van der Waals surface area contributed by atoms with E-state index in [9.17, 15) is 19.2 Å². The van der Waals surface area contributed by atoms with Crippen LogP contribution in [0.1, 0.15) is 55.0 Å². The average Bonchev–Trinajstić information content (AvgIpc) is 3.43. The van der Waals surface area contributed by atoms with Crippen molar-refractivity contribution in [3.8, 4) is 5.75 Å². The van der Waals surface area contributed by atoms with Gasteiger partial charge < -0.3 is 9.64 Å². The minimum Gasteiger partial charge on any atom is -0.427 e. The van der Waals surface area contributed by atoms with Gasteiger partial charge in [0.15, 0.2) is 17.3 Å². The van der Waals surface area contributed by atoms with Crippen LogP contribution in [0, 0.1) is 5.41 Å². The van der Waals surface area contributed by atoms with Crippen molar-refractivity contribution >= 4 is 46.7 Å². The number of ketones is 3. The second-order valence-corrected chi connectivity index (χ2v) is 11.2. The number of Topliss-reactive ketones (excluding diaryl/α,β-unsaturated/α-hetero) is 3. The molecule has 1 saturated heterocycles. The van der Waals surface area contributed by atoms with E-state index in [2.05, 4.69) is 0 Å². The molecule has 0 aromatic heterocycles. The van der Waals surface area contributed by atoms with Crippen molar-refractivity contribution in [2.24, 2.45) is 5.41 Å². The number of esters is 1. The topological polar surface area (TPSA) is 80.8 Å². The summed E-state index contributed by atoms with van der Waals surface area (Å²) >= 11 is 6.28. The van der Waals surface area contributed by atoms with Crippen molar-refractivity contribution in [2.45, 2.75) is 24.9 Å². The number of carbonyl (C=O) groups is 4. The quantitative estimate of drug-likeness (QED) is 0.119. The highest BCUT2D eigenvalue weighted by molar-refractivity contribution is 6.32. The smallest absolute Gasteiger partial charge is 0.308 e. The van der Waals surface area contributed by atoms with E-state index in [1.165, 1.54) is 6.92 Å². The summed E-state index contributed by atoms with van der Waals surface area (Å²) in [5.41, 5.74) is 1.85.